The molecule has 1 atom stereocenters. The standard InChI is InChI=1S/C15H23N3O4/c1-22-10-13(19)16-7-8-17-12(9-16)14(20)18(15(17)21)11-5-3-2-4-6-11/h11-12H,2-10H2,1H3/t12-/m1/s1. The van der Waals surface area contributed by atoms with Crippen LogP contribution in [0.15, 0.2) is 0 Å². The molecule has 0 spiro atoms. The number of piperazine rings is 1. The van der Waals surface area contributed by atoms with E-state index in [0.717, 1.165) is 25.7 Å². The average Bonchev–Trinajstić information content (AvgIpc) is 2.79. The number of urea groups is 1. The van der Waals surface area contributed by atoms with Gasteiger partial charge in [0.1, 0.15) is 12.6 Å². The first-order valence-corrected chi connectivity index (χ1v) is 8.04. The average molecular weight is 309 g/mol. The van der Waals surface area contributed by atoms with Crippen LogP contribution < -0.4 is 0 Å². The predicted octanol–water partition coefficient (Wildman–Crippen LogP) is 0.441. The minimum Gasteiger partial charge on any atom is -0.375 e. The van der Waals surface area contributed by atoms with Crippen LogP contribution in [-0.2, 0) is 14.3 Å². The van der Waals surface area contributed by atoms with E-state index in [4.69, 9.17) is 4.74 Å². The molecule has 2 saturated heterocycles. The smallest absolute Gasteiger partial charge is 0.327 e. The van der Waals surface area contributed by atoms with Crippen LogP contribution in [0.2, 0.25) is 0 Å². The zero-order chi connectivity index (χ0) is 15.7. The third-order valence-electron chi connectivity index (χ3n) is 4.92. The Morgan fingerprint density at radius 2 is 1.91 bits per heavy atom. The van der Waals surface area contributed by atoms with E-state index in [1.165, 1.54) is 18.4 Å². The maximum Gasteiger partial charge on any atom is 0.327 e. The normalized spacial score (nSPS) is 26.6. The Kier molecular flexibility index (Phi) is 4.33. The molecule has 7 heteroatoms. The van der Waals surface area contributed by atoms with Gasteiger partial charge in [-0.1, -0.05) is 19.3 Å². The molecule has 0 bridgehead atoms. The lowest BCUT2D eigenvalue weighted by Crippen LogP contribution is -2.55. The van der Waals surface area contributed by atoms with Gasteiger partial charge in [0.25, 0.3) is 5.91 Å². The van der Waals surface area contributed by atoms with E-state index in [9.17, 15) is 14.4 Å². The maximum absolute atomic E-state index is 12.7. The van der Waals surface area contributed by atoms with E-state index < -0.39 is 6.04 Å². The highest BCUT2D eigenvalue weighted by Crippen LogP contribution is 2.30. The molecule has 22 heavy (non-hydrogen) atoms. The lowest BCUT2D eigenvalue weighted by molar-refractivity contribution is -0.139. The van der Waals surface area contributed by atoms with Crippen LogP contribution in [0.25, 0.3) is 0 Å². The van der Waals surface area contributed by atoms with Crippen molar-refractivity contribution < 1.29 is 19.1 Å². The highest BCUT2D eigenvalue weighted by atomic mass is 16.5. The SMILES string of the molecule is COCC(=O)N1CCN2C(=O)N(C3CCCCC3)C(=O)[C@H]2C1. The molecule has 2 heterocycles. The number of ether oxygens (including phenoxy) is 1. The molecule has 3 fully saturated rings. The van der Waals surface area contributed by atoms with Crippen molar-refractivity contribution in [2.45, 2.75) is 44.2 Å². The summed E-state index contributed by atoms with van der Waals surface area (Å²) in [5.74, 6) is -0.259. The Morgan fingerprint density at radius 3 is 2.59 bits per heavy atom. The molecule has 2 aliphatic heterocycles. The van der Waals surface area contributed by atoms with Crippen LogP contribution >= 0.6 is 0 Å². The summed E-state index contributed by atoms with van der Waals surface area (Å²) in [6.07, 6.45) is 5.14. The number of hydrogen-bond acceptors (Lipinski definition) is 4. The zero-order valence-electron chi connectivity index (χ0n) is 13.0. The summed E-state index contributed by atoms with van der Waals surface area (Å²) in [6, 6.07) is -0.632. The van der Waals surface area contributed by atoms with Gasteiger partial charge in [-0.15, -0.1) is 0 Å². The summed E-state index contributed by atoms with van der Waals surface area (Å²) in [6.45, 7) is 1.20. The van der Waals surface area contributed by atoms with Crippen molar-refractivity contribution in [2.24, 2.45) is 0 Å². The second-order valence-electron chi connectivity index (χ2n) is 6.26. The first kappa shape index (κ1) is 15.3. The number of nitrogens with zero attached hydrogens (tertiary/aromatic N) is 3. The van der Waals surface area contributed by atoms with E-state index in [1.807, 2.05) is 0 Å². The maximum atomic E-state index is 12.7. The number of carbonyl (C=O) groups excluding carboxylic acids is 3. The van der Waals surface area contributed by atoms with Crippen molar-refractivity contribution in [3.8, 4) is 0 Å². The van der Waals surface area contributed by atoms with Crippen LogP contribution in [0.5, 0.6) is 0 Å². The summed E-state index contributed by atoms with van der Waals surface area (Å²) in [5.41, 5.74) is 0. The van der Waals surface area contributed by atoms with Crippen LogP contribution in [0, 0.1) is 0 Å². The highest BCUT2D eigenvalue weighted by Gasteiger charge is 2.50. The second-order valence-corrected chi connectivity index (χ2v) is 6.26. The van der Waals surface area contributed by atoms with Gasteiger partial charge in [0.05, 0.1) is 6.54 Å². The first-order chi connectivity index (χ1) is 10.6. The van der Waals surface area contributed by atoms with E-state index in [0.29, 0.717) is 13.1 Å². The molecule has 4 amide bonds. The topological polar surface area (TPSA) is 70.2 Å². The number of imide groups is 1. The Labute approximate surface area is 130 Å². The molecule has 1 saturated carbocycles. The van der Waals surface area contributed by atoms with Crippen molar-refractivity contribution >= 4 is 17.8 Å². The summed E-state index contributed by atoms with van der Waals surface area (Å²) < 4.78 is 4.87. The predicted molar refractivity (Wildman–Crippen MR) is 78.1 cm³/mol. The van der Waals surface area contributed by atoms with Gasteiger partial charge in [-0.05, 0) is 12.8 Å². The molecule has 0 N–H and O–H groups in total. The summed E-state index contributed by atoms with van der Waals surface area (Å²) >= 11 is 0. The molecule has 3 rings (SSSR count). The molecule has 3 aliphatic rings. The van der Waals surface area contributed by atoms with Gasteiger partial charge in [-0.2, -0.15) is 0 Å². The van der Waals surface area contributed by atoms with Crippen molar-refractivity contribution in [3.05, 3.63) is 0 Å². The largest absolute Gasteiger partial charge is 0.375 e. The third kappa shape index (κ3) is 2.58. The minimum atomic E-state index is -0.510. The molecule has 122 valence electrons. The lowest BCUT2D eigenvalue weighted by atomic mass is 9.94. The molecule has 7 nitrogen and oxygen atoms in total. The Hall–Kier alpha value is -1.63. The fraction of sp³-hybridized carbons (Fsp3) is 0.800. The van der Waals surface area contributed by atoms with Crippen LogP contribution in [0.3, 0.4) is 0 Å². The molecule has 0 unspecified atom stereocenters. The Bertz CT molecular complexity index is 475. The van der Waals surface area contributed by atoms with Crippen molar-refractivity contribution in [1.29, 1.82) is 0 Å². The lowest BCUT2D eigenvalue weighted by Gasteiger charge is -2.35. The van der Waals surface area contributed by atoms with Crippen molar-refractivity contribution in [3.63, 3.8) is 0 Å². The minimum absolute atomic E-state index is 0.0151. The first-order valence-electron chi connectivity index (χ1n) is 8.04. The van der Waals surface area contributed by atoms with E-state index >= 15 is 0 Å². The van der Waals surface area contributed by atoms with E-state index in [1.54, 1.807) is 9.80 Å². The van der Waals surface area contributed by atoms with Gasteiger partial charge in [0.15, 0.2) is 0 Å². The number of fused-ring (bicyclic) bond motifs is 1. The molecule has 0 aromatic heterocycles. The quantitative estimate of drug-likeness (QED) is 0.709. The fourth-order valence-electron chi connectivity index (χ4n) is 3.73. The summed E-state index contributed by atoms with van der Waals surface area (Å²) in [7, 11) is 1.48. The number of rotatable bonds is 3. The van der Waals surface area contributed by atoms with E-state index in [2.05, 4.69) is 0 Å². The van der Waals surface area contributed by atoms with Crippen LogP contribution in [0.1, 0.15) is 32.1 Å². The second kappa shape index (κ2) is 6.24. The number of carbonyl (C=O) groups is 3. The van der Waals surface area contributed by atoms with Gasteiger partial charge < -0.3 is 14.5 Å². The Balaban J connectivity index is 1.71. The van der Waals surface area contributed by atoms with E-state index in [-0.39, 0.29) is 37.0 Å². The zero-order valence-corrected chi connectivity index (χ0v) is 13.0. The Morgan fingerprint density at radius 1 is 1.18 bits per heavy atom. The fourth-order valence-corrected chi connectivity index (χ4v) is 3.73. The molecule has 0 radical (unpaired) electrons. The number of hydrogen-bond donors (Lipinski definition) is 0. The summed E-state index contributed by atoms with van der Waals surface area (Å²) in [5, 5.41) is 0. The van der Waals surface area contributed by atoms with Gasteiger partial charge in [0.2, 0.25) is 5.91 Å². The molecule has 1 aliphatic carbocycles. The van der Waals surface area contributed by atoms with Crippen molar-refractivity contribution in [1.82, 2.24) is 14.7 Å². The van der Waals surface area contributed by atoms with Gasteiger partial charge in [-0.25, -0.2) is 4.79 Å². The van der Waals surface area contributed by atoms with Gasteiger partial charge in [-0.3, -0.25) is 14.5 Å². The van der Waals surface area contributed by atoms with Gasteiger partial charge >= 0.3 is 6.03 Å². The van der Waals surface area contributed by atoms with Gasteiger partial charge in [0, 0.05) is 26.2 Å². The molecule has 0 aromatic carbocycles. The van der Waals surface area contributed by atoms with Crippen LogP contribution in [0.4, 0.5) is 4.79 Å². The number of amides is 4. The molecule has 0 aromatic rings. The number of methoxy groups -OCH3 is 1. The highest BCUT2D eigenvalue weighted by molar-refractivity contribution is 6.05. The summed E-state index contributed by atoms with van der Waals surface area (Å²) in [4.78, 5) is 41.9. The molecular formula is C15H23N3O4. The van der Waals surface area contributed by atoms with Crippen molar-refractivity contribution in [2.75, 3.05) is 33.4 Å². The van der Waals surface area contributed by atoms with Crippen LogP contribution in [-0.4, -0.2) is 78.0 Å². The monoisotopic (exact) mass is 309 g/mol. The third-order valence-corrected chi connectivity index (χ3v) is 4.92. The molecular weight excluding hydrogens is 286 g/mol.